The Bertz CT molecular complexity index is 376. The van der Waals surface area contributed by atoms with Crippen LogP contribution in [0.15, 0.2) is 16.6 Å². The molecule has 15 heavy (non-hydrogen) atoms. The van der Waals surface area contributed by atoms with Crippen LogP contribution in [0.25, 0.3) is 0 Å². The molecule has 0 saturated carbocycles. The van der Waals surface area contributed by atoms with Crippen LogP contribution in [-0.2, 0) is 0 Å². The molecule has 0 fully saturated rings. The van der Waals surface area contributed by atoms with Crippen molar-refractivity contribution < 1.29 is 0 Å². The molecule has 0 heterocycles. The molecule has 0 aliphatic rings. The Morgan fingerprint density at radius 2 is 1.87 bits per heavy atom. The van der Waals surface area contributed by atoms with E-state index in [-0.39, 0.29) is 0 Å². The van der Waals surface area contributed by atoms with Gasteiger partial charge in [0, 0.05) is 23.0 Å². The van der Waals surface area contributed by atoms with Crippen molar-refractivity contribution in [2.24, 2.45) is 0 Å². The van der Waals surface area contributed by atoms with E-state index in [0.717, 1.165) is 23.0 Å². The summed E-state index contributed by atoms with van der Waals surface area (Å²) in [6.45, 7) is 5.14. The number of hydrogen-bond acceptors (Lipinski definition) is 1. The summed E-state index contributed by atoms with van der Waals surface area (Å²) in [6.07, 6.45) is 0.894. The largest absolute Gasteiger partial charge is 0.319 e. The summed E-state index contributed by atoms with van der Waals surface area (Å²) in [5.74, 6) is 6.41. The first kappa shape index (κ1) is 12.3. The Hall–Kier alpha value is -0.780. The molecule has 0 saturated heterocycles. The highest BCUT2D eigenvalue weighted by Gasteiger charge is 2.00. The summed E-state index contributed by atoms with van der Waals surface area (Å²) in [4.78, 5) is 0. The van der Waals surface area contributed by atoms with Gasteiger partial charge in [-0.25, -0.2) is 0 Å². The second kappa shape index (κ2) is 5.95. The topological polar surface area (TPSA) is 12.0 Å². The van der Waals surface area contributed by atoms with Crippen molar-refractivity contribution in [3.8, 4) is 11.8 Å². The van der Waals surface area contributed by atoms with Gasteiger partial charge in [-0.15, -0.1) is 0 Å². The van der Waals surface area contributed by atoms with Gasteiger partial charge in [-0.05, 0) is 44.2 Å². The summed E-state index contributed by atoms with van der Waals surface area (Å²) < 4.78 is 1.12. The summed E-state index contributed by atoms with van der Waals surface area (Å²) >= 11 is 3.48. The Kier molecular flexibility index (Phi) is 4.87. The average Bonchev–Trinajstić information content (AvgIpc) is 2.15. The summed E-state index contributed by atoms with van der Waals surface area (Å²) in [7, 11) is 1.94. The molecule has 0 amide bonds. The molecule has 80 valence electrons. The third-order valence-corrected chi connectivity index (χ3v) is 2.67. The monoisotopic (exact) mass is 265 g/mol. The van der Waals surface area contributed by atoms with Crippen LogP contribution in [0, 0.1) is 25.7 Å². The zero-order valence-electron chi connectivity index (χ0n) is 9.45. The Balaban J connectivity index is 2.88. The van der Waals surface area contributed by atoms with Crippen molar-refractivity contribution in [2.45, 2.75) is 20.3 Å². The molecule has 1 aromatic rings. The lowest BCUT2D eigenvalue weighted by Crippen LogP contribution is -2.05. The lowest BCUT2D eigenvalue weighted by Gasteiger charge is -2.03. The summed E-state index contributed by atoms with van der Waals surface area (Å²) in [6, 6.07) is 4.21. The van der Waals surface area contributed by atoms with Crippen molar-refractivity contribution in [3.63, 3.8) is 0 Å². The van der Waals surface area contributed by atoms with Crippen LogP contribution >= 0.6 is 15.9 Å². The van der Waals surface area contributed by atoms with E-state index in [4.69, 9.17) is 0 Å². The number of aryl methyl sites for hydroxylation is 2. The maximum atomic E-state index is 3.48. The molecule has 2 heteroatoms. The van der Waals surface area contributed by atoms with Crippen LogP contribution in [-0.4, -0.2) is 13.6 Å². The third kappa shape index (κ3) is 3.70. The van der Waals surface area contributed by atoms with Gasteiger partial charge in [0.15, 0.2) is 0 Å². The number of benzene rings is 1. The van der Waals surface area contributed by atoms with Crippen LogP contribution in [0.3, 0.4) is 0 Å². The SMILES string of the molecule is CNCCC#Cc1c(C)cc(Br)cc1C. The first-order valence-corrected chi connectivity index (χ1v) is 5.84. The number of nitrogens with one attached hydrogen (secondary N) is 1. The van der Waals surface area contributed by atoms with Crippen molar-refractivity contribution in [3.05, 3.63) is 33.3 Å². The highest BCUT2D eigenvalue weighted by Crippen LogP contribution is 2.19. The number of rotatable bonds is 2. The van der Waals surface area contributed by atoms with Gasteiger partial charge in [0.25, 0.3) is 0 Å². The summed E-state index contributed by atoms with van der Waals surface area (Å²) in [5, 5.41) is 3.08. The fourth-order valence-corrected chi connectivity index (χ4v) is 2.13. The molecule has 1 nitrogen and oxygen atoms in total. The molecule has 0 aliphatic carbocycles. The van der Waals surface area contributed by atoms with Gasteiger partial charge in [-0.3, -0.25) is 0 Å². The molecule has 1 N–H and O–H groups in total. The Morgan fingerprint density at radius 3 is 2.40 bits per heavy atom. The van der Waals surface area contributed by atoms with Gasteiger partial charge in [0.2, 0.25) is 0 Å². The van der Waals surface area contributed by atoms with Crippen molar-refractivity contribution in [1.29, 1.82) is 0 Å². The first-order chi connectivity index (χ1) is 7.15. The van der Waals surface area contributed by atoms with E-state index in [1.807, 2.05) is 7.05 Å². The van der Waals surface area contributed by atoms with E-state index >= 15 is 0 Å². The molecule has 0 aromatic heterocycles. The minimum atomic E-state index is 0.894. The second-order valence-electron chi connectivity index (χ2n) is 3.57. The Morgan fingerprint density at radius 1 is 1.27 bits per heavy atom. The average molecular weight is 266 g/mol. The maximum absolute atomic E-state index is 3.48. The maximum Gasteiger partial charge on any atom is 0.0304 e. The van der Waals surface area contributed by atoms with Gasteiger partial charge >= 0.3 is 0 Å². The van der Waals surface area contributed by atoms with E-state index in [2.05, 4.69) is 59.1 Å². The summed E-state index contributed by atoms with van der Waals surface area (Å²) in [5.41, 5.74) is 3.63. The highest BCUT2D eigenvalue weighted by atomic mass is 79.9. The van der Waals surface area contributed by atoms with E-state index in [0.29, 0.717) is 0 Å². The van der Waals surface area contributed by atoms with Crippen LogP contribution in [0.1, 0.15) is 23.1 Å². The smallest absolute Gasteiger partial charge is 0.0304 e. The van der Waals surface area contributed by atoms with Gasteiger partial charge in [0.1, 0.15) is 0 Å². The molecule has 0 unspecified atom stereocenters. The van der Waals surface area contributed by atoms with E-state index in [1.54, 1.807) is 0 Å². The normalized spacial score (nSPS) is 9.60. The number of halogens is 1. The van der Waals surface area contributed by atoms with Crippen molar-refractivity contribution in [1.82, 2.24) is 5.32 Å². The van der Waals surface area contributed by atoms with Gasteiger partial charge in [0.05, 0.1) is 0 Å². The van der Waals surface area contributed by atoms with Crippen LogP contribution in [0.5, 0.6) is 0 Å². The third-order valence-electron chi connectivity index (χ3n) is 2.21. The molecule has 0 atom stereocenters. The zero-order chi connectivity index (χ0) is 11.3. The second-order valence-corrected chi connectivity index (χ2v) is 4.49. The van der Waals surface area contributed by atoms with E-state index < -0.39 is 0 Å². The highest BCUT2D eigenvalue weighted by molar-refractivity contribution is 9.10. The van der Waals surface area contributed by atoms with Crippen molar-refractivity contribution >= 4 is 15.9 Å². The number of hydrogen-bond donors (Lipinski definition) is 1. The quantitative estimate of drug-likeness (QED) is 0.641. The molecule has 0 bridgehead atoms. The van der Waals surface area contributed by atoms with Crippen LogP contribution < -0.4 is 5.32 Å². The molecule has 0 aliphatic heterocycles. The molecular formula is C13H16BrN. The Labute approximate surface area is 100 Å². The fraction of sp³-hybridized carbons (Fsp3) is 0.385. The minimum absolute atomic E-state index is 0.894. The lowest BCUT2D eigenvalue weighted by atomic mass is 10.0. The molecule has 1 aromatic carbocycles. The van der Waals surface area contributed by atoms with Gasteiger partial charge in [-0.1, -0.05) is 27.8 Å². The first-order valence-electron chi connectivity index (χ1n) is 5.05. The van der Waals surface area contributed by atoms with Gasteiger partial charge in [-0.2, -0.15) is 0 Å². The molecule has 1 rings (SSSR count). The zero-order valence-corrected chi connectivity index (χ0v) is 11.0. The van der Waals surface area contributed by atoms with E-state index in [1.165, 1.54) is 11.1 Å². The molecule has 0 spiro atoms. The van der Waals surface area contributed by atoms with Crippen LogP contribution in [0.2, 0.25) is 0 Å². The van der Waals surface area contributed by atoms with Gasteiger partial charge < -0.3 is 5.32 Å². The van der Waals surface area contributed by atoms with Crippen molar-refractivity contribution in [2.75, 3.05) is 13.6 Å². The van der Waals surface area contributed by atoms with Crippen LogP contribution in [0.4, 0.5) is 0 Å². The molecule has 0 radical (unpaired) electrons. The fourth-order valence-electron chi connectivity index (χ4n) is 1.45. The minimum Gasteiger partial charge on any atom is -0.319 e. The predicted molar refractivity (Wildman–Crippen MR) is 69.0 cm³/mol. The standard InChI is InChI=1S/C13H16BrN/c1-10-8-12(14)9-11(2)13(10)6-4-5-7-15-3/h8-9,15H,5,7H2,1-3H3. The molecular weight excluding hydrogens is 250 g/mol. The lowest BCUT2D eigenvalue weighted by molar-refractivity contribution is 0.818. The predicted octanol–water partition coefficient (Wildman–Crippen LogP) is 3.03. The van der Waals surface area contributed by atoms with E-state index in [9.17, 15) is 0 Å².